The molecule has 5 heteroatoms. The van der Waals surface area contributed by atoms with E-state index >= 15 is 0 Å². The Morgan fingerprint density at radius 3 is 3.10 bits per heavy atom. The number of rotatable bonds is 2. The van der Waals surface area contributed by atoms with Gasteiger partial charge in [0.1, 0.15) is 0 Å². The van der Waals surface area contributed by atoms with Crippen LogP contribution in [0.4, 0.5) is 0 Å². The summed E-state index contributed by atoms with van der Waals surface area (Å²) in [6.45, 7) is 0.470. The zero-order valence-corrected chi connectivity index (χ0v) is 5.37. The molecule has 0 saturated heterocycles. The van der Waals surface area contributed by atoms with E-state index in [2.05, 4.69) is 10.3 Å². The Hall–Kier alpha value is -1.26. The lowest BCUT2D eigenvalue weighted by Crippen LogP contribution is -2.36. The Bertz CT molecular complexity index is 178. The number of hydrogen-bond donors (Lipinski definition) is 3. The second kappa shape index (κ2) is 2.55. The van der Waals surface area contributed by atoms with Gasteiger partial charge in [-0.3, -0.25) is 9.79 Å². The van der Waals surface area contributed by atoms with Crippen LogP contribution in [0.1, 0.15) is 6.42 Å². The molecule has 0 aromatic rings. The summed E-state index contributed by atoms with van der Waals surface area (Å²) >= 11 is 0. The highest BCUT2D eigenvalue weighted by molar-refractivity contribution is 5.81. The lowest BCUT2D eigenvalue weighted by Gasteiger charge is -2.05. The number of carboxylic acids is 1. The summed E-state index contributed by atoms with van der Waals surface area (Å²) in [5.74, 6) is -0.492. The van der Waals surface area contributed by atoms with Gasteiger partial charge in [-0.1, -0.05) is 0 Å². The molecule has 56 valence electrons. The average Bonchev–Trinajstić information content (AvgIpc) is 2.13. The van der Waals surface area contributed by atoms with Crippen LogP contribution < -0.4 is 11.1 Å². The van der Waals surface area contributed by atoms with Crippen LogP contribution in [0.2, 0.25) is 0 Å². The largest absolute Gasteiger partial charge is 0.481 e. The minimum absolute atomic E-state index is 0.0736. The van der Waals surface area contributed by atoms with Crippen molar-refractivity contribution in [1.82, 2.24) is 5.32 Å². The van der Waals surface area contributed by atoms with E-state index in [1.165, 1.54) is 0 Å². The maximum absolute atomic E-state index is 10.1. The predicted octanol–water partition coefficient (Wildman–Crippen LogP) is -1.25. The van der Waals surface area contributed by atoms with E-state index in [9.17, 15) is 4.79 Å². The first-order valence-electron chi connectivity index (χ1n) is 2.96. The number of hydrogen-bond acceptors (Lipinski definition) is 4. The standard InChI is InChI=1S/C5H9N3O2/c6-5-7-2-3(8-5)1-4(9)10/h3H,1-2H2,(H,9,10)(H3,6,7,8). The van der Waals surface area contributed by atoms with E-state index in [1.807, 2.05) is 0 Å². The molecule has 1 rings (SSSR count). The monoisotopic (exact) mass is 143 g/mol. The summed E-state index contributed by atoms with van der Waals surface area (Å²) in [5.41, 5.74) is 5.25. The molecule has 0 aromatic heterocycles. The molecule has 5 nitrogen and oxygen atoms in total. The number of nitrogens with two attached hydrogens (primary N) is 1. The van der Waals surface area contributed by atoms with E-state index in [0.29, 0.717) is 12.5 Å². The average molecular weight is 143 g/mol. The molecule has 1 aliphatic heterocycles. The first kappa shape index (κ1) is 6.85. The summed E-state index contributed by atoms with van der Waals surface area (Å²) in [6, 6.07) is -0.113. The van der Waals surface area contributed by atoms with Crippen LogP contribution in [0.25, 0.3) is 0 Å². The van der Waals surface area contributed by atoms with Crippen molar-refractivity contribution in [2.75, 3.05) is 6.54 Å². The molecule has 1 aliphatic rings. The van der Waals surface area contributed by atoms with Crippen molar-refractivity contribution in [3.05, 3.63) is 0 Å². The second-order valence-electron chi connectivity index (χ2n) is 2.17. The molecule has 0 bridgehead atoms. The predicted molar refractivity (Wildman–Crippen MR) is 35.7 cm³/mol. The van der Waals surface area contributed by atoms with E-state index in [1.54, 1.807) is 0 Å². The van der Waals surface area contributed by atoms with Gasteiger partial charge in [-0.2, -0.15) is 0 Å². The van der Waals surface area contributed by atoms with Gasteiger partial charge in [-0.05, 0) is 0 Å². The fourth-order valence-electron chi connectivity index (χ4n) is 0.835. The van der Waals surface area contributed by atoms with Crippen LogP contribution in [-0.2, 0) is 4.79 Å². The van der Waals surface area contributed by atoms with E-state index < -0.39 is 5.97 Å². The van der Waals surface area contributed by atoms with Crippen LogP contribution in [0, 0.1) is 0 Å². The zero-order valence-electron chi connectivity index (χ0n) is 5.37. The van der Waals surface area contributed by atoms with Crippen LogP contribution in [-0.4, -0.2) is 29.6 Å². The van der Waals surface area contributed by atoms with E-state index in [4.69, 9.17) is 10.8 Å². The SMILES string of the molecule is NC1=NCC(CC(=O)O)N1. The van der Waals surface area contributed by atoms with Crippen LogP contribution in [0.15, 0.2) is 4.99 Å². The Kier molecular flexibility index (Phi) is 1.75. The normalized spacial score (nSPS) is 23.6. The molecule has 1 unspecified atom stereocenters. The summed E-state index contributed by atoms with van der Waals surface area (Å²) in [7, 11) is 0. The number of nitrogens with one attached hydrogen (secondary N) is 1. The first-order chi connectivity index (χ1) is 4.68. The summed E-state index contributed by atoms with van der Waals surface area (Å²) in [5, 5.41) is 11.1. The Morgan fingerprint density at radius 2 is 2.70 bits per heavy atom. The van der Waals surface area contributed by atoms with Gasteiger partial charge in [0.15, 0.2) is 5.96 Å². The van der Waals surface area contributed by atoms with Gasteiger partial charge in [-0.15, -0.1) is 0 Å². The highest BCUT2D eigenvalue weighted by atomic mass is 16.4. The number of aliphatic imine (C=N–C) groups is 1. The first-order valence-corrected chi connectivity index (χ1v) is 2.96. The van der Waals surface area contributed by atoms with E-state index in [0.717, 1.165) is 0 Å². The molecular formula is C5H9N3O2. The molecule has 0 saturated carbocycles. The maximum Gasteiger partial charge on any atom is 0.305 e. The van der Waals surface area contributed by atoms with Gasteiger partial charge in [0, 0.05) is 0 Å². The Balaban J connectivity index is 2.29. The lowest BCUT2D eigenvalue weighted by molar-refractivity contribution is -0.137. The molecule has 0 aliphatic carbocycles. The van der Waals surface area contributed by atoms with Gasteiger partial charge in [0.2, 0.25) is 0 Å². The smallest absolute Gasteiger partial charge is 0.305 e. The third-order valence-electron chi connectivity index (χ3n) is 1.26. The van der Waals surface area contributed by atoms with Crippen molar-refractivity contribution in [3.8, 4) is 0 Å². The summed E-state index contributed by atoms with van der Waals surface area (Å²) in [6.07, 6.45) is 0.0736. The summed E-state index contributed by atoms with van der Waals surface area (Å²) in [4.78, 5) is 13.9. The lowest BCUT2D eigenvalue weighted by atomic mass is 10.2. The number of carbonyl (C=O) groups is 1. The van der Waals surface area contributed by atoms with Crippen molar-refractivity contribution >= 4 is 11.9 Å². The molecule has 1 heterocycles. The molecule has 0 amide bonds. The molecule has 4 N–H and O–H groups in total. The van der Waals surface area contributed by atoms with Crippen molar-refractivity contribution in [2.45, 2.75) is 12.5 Å². The topological polar surface area (TPSA) is 87.7 Å². The minimum atomic E-state index is -0.831. The van der Waals surface area contributed by atoms with Crippen molar-refractivity contribution < 1.29 is 9.90 Å². The number of nitrogens with zero attached hydrogens (tertiary/aromatic N) is 1. The number of guanidine groups is 1. The fourth-order valence-corrected chi connectivity index (χ4v) is 0.835. The highest BCUT2D eigenvalue weighted by Crippen LogP contribution is 1.97. The van der Waals surface area contributed by atoms with E-state index in [-0.39, 0.29) is 12.5 Å². The molecular weight excluding hydrogens is 134 g/mol. The molecule has 1 atom stereocenters. The third-order valence-corrected chi connectivity index (χ3v) is 1.26. The zero-order chi connectivity index (χ0) is 7.56. The molecule has 0 fully saturated rings. The van der Waals surface area contributed by atoms with Crippen molar-refractivity contribution in [2.24, 2.45) is 10.7 Å². The molecule has 0 aromatic carbocycles. The van der Waals surface area contributed by atoms with Gasteiger partial charge < -0.3 is 16.2 Å². The van der Waals surface area contributed by atoms with Gasteiger partial charge >= 0.3 is 5.97 Å². The van der Waals surface area contributed by atoms with Crippen LogP contribution in [0.3, 0.4) is 0 Å². The molecule has 10 heavy (non-hydrogen) atoms. The highest BCUT2D eigenvalue weighted by Gasteiger charge is 2.17. The maximum atomic E-state index is 10.1. The Morgan fingerprint density at radius 1 is 2.00 bits per heavy atom. The molecule has 0 spiro atoms. The second-order valence-corrected chi connectivity index (χ2v) is 2.17. The van der Waals surface area contributed by atoms with Gasteiger partial charge in [0.25, 0.3) is 0 Å². The fraction of sp³-hybridized carbons (Fsp3) is 0.600. The quantitative estimate of drug-likeness (QED) is 0.450. The van der Waals surface area contributed by atoms with Crippen molar-refractivity contribution in [3.63, 3.8) is 0 Å². The summed E-state index contributed by atoms with van der Waals surface area (Å²) < 4.78 is 0. The van der Waals surface area contributed by atoms with Crippen LogP contribution >= 0.6 is 0 Å². The van der Waals surface area contributed by atoms with Crippen molar-refractivity contribution in [1.29, 1.82) is 0 Å². The Labute approximate surface area is 57.9 Å². The van der Waals surface area contributed by atoms with Crippen LogP contribution in [0.5, 0.6) is 0 Å². The van der Waals surface area contributed by atoms with Gasteiger partial charge in [0.05, 0.1) is 19.0 Å². The molecule has 0 radical (unpaired) electrons. The third kappa shape index (κ3) is 1.61. The van der Waals surface area contributed by atoms with Gasteiger partial charge in [-0.25, -0.2) is 0 Å². The minimum Gasteiger partial charge on any atom is -0.481 e. The number of carboxylic acid groups (broad SMARTS) is 1. The number of aliphatic carboxylic acids is 1.